The predicted molar refractivity (Wildman–Crippen MR) is 127 cm³/mol. The van der Waals surface area contributed by atoms with Gasteiger partial charge >= 0.3 is 0 Å². The van der Waals surface area contributed by atoms with Crippen LogP contribution in [0.25, 0.3) is 22.4 Å². The lowest BCUT2D eigenvalue weighted by Crippen LogP contribution is -2.51. The van der Waals surface area contributed by atoms with Crippen molar-refractivity contribution in [1.29, 1.82) is 0 Å². The minimum atomic E-state index is -0.393. The van der Waals surface area contributed by atoms with Crippen LogP contribution in [0.5, 0.6) is 5.88 Å². The molecule has 0 radical (unpaired) electrons. The van der Waals surface area contributed by atoms with E-state index in [1.165, 1.54) is 0 Å². The van der Waals surface area contributed by atoms with Gasteiger partial charge in [0.2, 0.25) is 17.7 Å². The molecule has 9 heteroatoms. The molecule has 2 aromatic heterocycles. The Balaban J connectivity index is 1.51. The quantitative estimate of drug-likeness (QED) is 0.390. The van der Waals surface area contributed by atoms with E-state index in [-0.39, 0.29) is 17.6 Å². The largest absolute Gasteiger partial charge is 0.480 e. The number of ether oxygens (including phenoxy) is 1. The number of carbonyl (C=O) groups is 2. The maximum atomic E-state index is 12.6. The highest BCUT2D eigenvalue weighted by atomic mass is 16.5. The number of para-hydroxylation sites is 1. The summed E-state index contributed by atoms with van der Waals surface area (Å²) in [6, 6.07) is 9.25. The molecule has 1 fully saturated rings. The van der Waals surface area contributed by atoms with Crippen LogP contribution in [-0.4, -0.2) is 47.1 Å². The van der Waals surface area contributed by atoms with E-state index in [1.807, 2.05) is 37.3 Å². The summed E-state index contributed by atoms with van der Waals surface area (Å²) in [7, 11) is 1.55. The third kappa shape index (κ3) is 5.59. The standard InChI is InChI=1S/C25H31N5O4/c1-3-18(31)10-5-4-6-12-21(27-22(32)17-14-26-15-17)25-30-29-24(34-25)19-13-16-9-7-8-11-20(16)28-23(19)33-2/h7-9,11,13,17,21,26H,3-6,10,12,14-15H2,1-2H3,(H,27,32)/t21-/m0/s1. The molecule has 1 aliphatic rings. The Hall–Kier alpha value is -3.33. The summed E-state index contributed by atoms with van der Waals surface area (Å²) in [6.07, 6.45) is 4.40. The summed E-state index contributed by atoms with van der Waals surface area (Å²) in [5.74, 6) is 1.27. The molecule has 3 aromatic rings. The van der Waals surface area contributed by atoms with E-state index in [4.69, 9.17) is 9.15 Å². The van der Waals surface area contributed by atoms with Gasteiger partial charge in [-0.1, -0.05) is 38.0 Å². The van der Waals surface area contributed by atoms with Crippen molar-refractivity contribution in [1.82, 2.24) is 25.8 Å². The minimum absolute atomic E-state index is 0.0189. The number of nitrogens with zero attached hydrogens (tertiary/aromatic N) is 3. The first-order chi connectivity index (χ1) is 16.6. The van der Waals surface area contributed by atoms with Crippen LogP contribution in [0, 0.1) is 5.92 Å². The number of unbranched alkanes of at least 4 members (excludes halogenated alkanes) is 2. The molecule has 4 rings (SSSR count). The Bertz CT molecular complexity index is 1140. The van der Waals surface area contributed by atoms with Gasteiger partial charge in [0.1, 0.15) is 17.4 Å². The number of benzene rings is 1. The van der Waals surface area contributed by atoms with Crippen molar-refractivity contribution in [2.75, 3.05) is 20.2 Å². The van der Waals surface area contributed by atoms with Gasteiger partial charge in [-0.2, -0.15) is 0 Å². The second-order valence-corrected chi connectivity index (χ2v) is 8.59. The Kier molecular flexibility index (Phi) is 7.84. The average molecular weight is 466 g/mol. The van der Waals surface area contributed by atoms with Crippen molar-refractivity contribution in [3.63, 3.8) is 0 Å². The molecule has 34 heavy (non-hydrogen) atoms. The van der Waals surface area contributed by atoms with Crippen LogP contribution in [0.1, 0.15) is 57.4 Å². The van der Waals surface area contributed by atoms with Crippen LogP contribution in [0.3, 0.4) is 0 Å². The number of rotatable bonds is 12. The Labute approximate surface area is 198 Å². The van der Waals surface area contributed by atoms with Crippen molar-refractivity contribution < 1.29 is 18.7 Å². The highest BCUT2D eigenvalue weighted by molar-refractivity contribution is 5.84. The monoisotopic (exact) mass is 465 g/mol. The van der Waals surface area contributed by atoms with Crippen LogP contribution in [-0.2, 0) is 9.59 Å². The third-order valence-corrected chi connectivity index (χ3v) is 6.16. The molecular formula is C25H31N5O4. The fraction of sp³-hybridized carbons (Fsp3) is 0.480. The van der Waals surface area contributed by atoms with Crippen LogP contribution in [0.2, 0.25) is 0 Å². The van der Waals surface area contributed by atoms with E-state index in [0.29, 0.717) is 55.6 Å². The lowest BCUT2D eigenvalue weighted by molar-refractivity contribution is -0.127. The lowest BCUT2D eigenvalue weighted by atomic mass is 10.0. The number of Topliss-reactive ketones (excluding diaryl/α,β-unsaturated/α-hetero) is 1. The fourth-order valence-electron chi connectivity index (χ4n) is 3.94. The number of carbonyl (C=O) groups excluding carboxylic acids is 2. The van der Waals surface area contributed by atoms with Crippen molar-refractivity contribution in [2.45, 2.75) is 51.5 Å². The SMILES string of the molecule is CCC(=O)CCCCC[C@H](NC(=O)C1CNC1)c1nnc(-c2cc3ccccc3nc2OC)o1. The highest BCUT2D eigenvalue weighted by Crippen LogP contribution is 2.32. The normalized spacial score (nSPS) is 14.5. The van der Waals surface area contributed by atoms with E-state index < -0.39 is 6.04 Å². The van der Waals surface area contributed by atoms with Gasteiger partial charge in [0.15, 0.2) is 0 Å². The summed E-state index contributed by atoms with van der Waals surface area (Å²) in [5, 5.41) is 15.6. The maximum Gasteiger partial charge on any atom is 0.253 e. The summed E-state index contributed by atoms with van der Waals surface area (Å²) >= 11 is 0. The number of fused-ring (bicyclic) bond motifs is 1. The summed E-state index contributed by atoms with van der Waals surface area (Å²) in [6.45, 7) is 3.23. The summed E-state index contributed by atoms with van der Waals surface area (Å²) < 4.78 is 11.5. The molecule has 0 spiro atoms. The highest BCUT2D eigenvalue weighted by Gasteiger charge is 2.29. The molecule has 0 unspecified atom stereocenters. The van der Waals surface area contributed by atoms with Gasteiger partial charge in [0.25, 0.3) is 5.89 Å². The molecule has 0 saturated carbocycles. The first-order valence-electron chi connectivity index (χ1n) is 11.9. The topological polar surface area (TPSA) is 119 Å². The zero-order valence-electron chi connectivity index (χ0n) is 19.7. The van der Waals surface area contributed by atoms with Crippen molar-refractivity contribution in [2.24, 2.45) is 5.92 Å². The van der Waals surface area contributed by atoms with E-state index in [0.717, 1.165) is 30.2 Å². The van der Waals surface area contributed by atoms with Gasteiger partial charge in [-0.15, -0.1) is 10.2 Å². The molecule has 1 saturated heterocycles. The molecule has 1 aliphatic heterocycles. The van der Waals surface area contributed by atoms with Crippen molar-refractivity contribution in [3.8, 4) is 17.3 Å². The zero-order valence-corrected chi connectivity index (χ0v) is 19.7. The molecule has 9 nitrogen and oxygen atoms in total. The second kappa shape index (κ2) is 11.2. The Morgan fingerprint density at radius 1 is 1.21 bits per heavy atom. The zero-order chi connectivity index (χ0) is 23.9. The van der Waals surface area contributed by atoms with E-state index in [9.17, 15) is 9.59 Å². The minimum Gasteiger partial charge on any atom is -0.480 e. The molecule has 1 aromatic carbocycles. The summed E-state index contributed by atoms with van der Waals surface area (Å²) in [5.41, 5.74) is 1.41. The molecule has 0 aliphatic carbocycles. The fourth-order valence-corrected chi connectivity index (χ4v) is 3.94. The number of methoxy groups -OCH3 is 1. The average Bonchev–Trinajstić information content (AvgIpc) is 3.31. The van der Waals surface area contributed by atoms with Gasteiger partial charge in [0.05, 0.1) is 18.5 Å². The Morgan fingerprint density at radius 3 is 2.76 bits per heavy atom. The van der Waals surface area contributed by atoms with Crippen LogP contribution in [0.4, 0.5) is 0 Å². The van der Waals surface area contributed by atoms with E-state index in [2.05, 4.69) is 25.8 Å². The number of pyridine rings is 1. The lowest BCUT2D eigenvalue weighted by Gasteiger charge is -2.27. The van der Waals surface area contributed by atoms with Crippen LogP contribution < -0.4 is 15.4 Å². The number of hydrogen-bond acceptors (Lipinski definition) is 8. The molecule has 180 valence electrons. The first-order valence-corrected chi connectivity index (χ1v) is 11.9. The molecule has 2 N–H and O–H groups in total. The summed E-state index contributed by atoms with van der Waals surface area (Å²) in [4.78, 5) is 28.7. The number of nitrogens with one attached hydrogen (secondary N) is 2. The maximum absolute atomic E-state index is 12.6. The molecule has 3 heterocycles. The van der Waals surface area contributed by atoms with Crippen molar-refractivity contribution >= 4 is 22.6 Å². The van der Waals surface area contributed by atoms with Crippen LogP contribution >= 0.6 is 0 Å². The van der Waals surface area contributed by atoms with Crippen LogP contribution in [0.15, 0.2) is 34.7 Å². The Morgan fingerprint density at radius 2 is 2.03 bits per heavy atom. The number of amides is 1. The van der Waals surface area contributed by atoms with Gasteiger partial charge in [-0.3, -0.25) is 9.59 Å². The number of ketones is 1. The van der Waals surface area contributed by atoms with E-state index in [1.54, 1.807) is 7.11 Å². The van der Waals surface area contributed by atoms with Gasteiger partial charge in [-0.25, -0.2) is 4.98 Å². The predicted octanol–water partition coefficient (Wildman–Crippen LogP) is 3.60. The second-order valence-electron chi connectivity index (χ2n) is 8.59. The van der Waals surface area contributed by atoms with Crippen molar-refractivity contribution in [3.05, 3.63) is 36.2 Å². The molecular weight excluding hydrogens is 434 g/mol. The first kappa shape index (κ1) is 23.8. The molecule has 0 bridgehead atoms. The molecule has 1 amide bonds. The smallest absolute Gasteiger partial charge is 0.253 e. The van der Waals surface area contributed by atoms with E-state index >= 15 is 0 Å². The number of hydrogen-bond donors (Lipinski definition) is 2. The third-order valence-electron chi connectivity index (χ3n) is 6.16. The molecule has 1 atom stereocenters. The van der Waals surface area contributed by atoms with Gasteiger partial charge in [0, 0.05) is 31.3 Å². The van der Waals surface area contributed by atoms with Gasteiger partial charge in [-0.05, 0) is 25.0 Å². The van der Waals surface area contributed by atoms with Gasteiger partial charge < -0.3 is 19.8 Å². The number of aromatic nitrogens is 3.